The summed E-state index contributed by atoms with van der Waals surface area (Å²) in [6, 6.07) is 17.7. The van der Waals surface area contributed by atoms with Crippen LogP contribution in [0.5, 0.6) is 5.75 Å². The van der Waals surface area contributed by atoms with Crippen molar-refractivity contribution >= 4 is 21.8 Å². The van der Waals surface area contributed by atoms with Crippen molar-refractivity contribution < 1.29 is 31.9 Å². The average molecular weight is 500 g/mol. The molecule has 2 heterocycles. The number of ether oxygens (including phenoxy) is 2. The summed E-state index contributed by atoms with van der Waals surface area (Å²) in [5.41, 5.74) is 4.56. The van der Waals surface area contributed by atoms with Crippen molar-refractivity contribution in [2.45, 2.75) is 30.4 Å². The number of rotatable bonds is 9. The molecular formula is C24H25N3O7S. The van der Waals surface area contributed by atoms with Gasteiger partial charge >= 0.3 is 5.91 Å². The van der Waals surface area contributed by atoms with E-state index in [0.717, 1.165) is 12.8 Å². The molecular weight excluding hydrogens is 474 g/mol. The third-order valence-corrected chi connectivity index (χ3v) is 6.65. The number of hydrazine groups is 1. The molecule has 1 aliphatic rings. The maximum atomic E-state index is 12.6. The fourth-order valence-electron chi connectivity index (χ4n) is 3.39. The molecule has 2 amide bonds. The highest BCUT2D eigenvalue weighted by molar-refractivity contribution is 7.89. The Kier molecular flexibility index (Phi) is 7.80. The van der Waals surface area contributed by atoms with Gasteiger partial charge in [0.05, 0.1) is 11.0 Å². The van der Waals surface area contributed by atoms with Crippen molar-refractivity contribution in [3.63, 3.8) is 0 Å². The summed E-state index contributed by atoms with van der Waals surface area (Å²) in [5.74, 6) is -0.293. The second-order valence-electron chi connectivity index (χ2n) is 7.79. The zero-order chi connectivity index (χ0) is 24.7. The molecule has 0 bridgehead atoms. The van der Waals surface area contributed by atoms with Gasteiger partial charge < -0.3 is 13.9 Å². The molecule has 3 N–H and O–H groups in total. The first-order valence-corrected chi connectivity index (χ1v) is 12.5. The van der Waals surface area contributed by atoms with Gasteiger partial charge in [-0.25, -0.2) is 13.1 Å². The molecule has 1 fully saturated rings. The molecule has 4 rings (SSSR count). The number of para-hydroxylation sites is 1. The molecule has 1 atom stereocenters. The molecule has 11 heteroatoms. The van der Waals surface area contributed by atoms with Crippen LogP contribution in [0.3, 0.4) is 0 Å². The van der Waals surface area contributed by atoms with E-state index in [1.54, 1.807) is 18.2 Å². The highest BCUT2D eigenvalue weighted by Gasteiger charge is 2.21. The topological polar surface area (TPSA) is 136 Å². The summed E-state index contributed by atoms with van der Waals surface area (Å²) in [4.78, 5) is 24.7. The number of carbonyl (C=O) groups excluding carboxylic acids is 2. The first-order chi connectivity index (χ1) is 16.9. The molecule has 2 aromatic carbocycles. The number of hydrogen-bond donors (Lipinski definition) is 3. The van der Waals surface area contributed by atoms with Crippen molar-refractivity contribution in [2.75, 3.05) is 13.2 Å². The largest absolute Gasteiger partial charge is 0.486 e. The van der Waals surface area contributed by atoms with Crippen LogP contribution < -0.4 is 20.3 Å². The van der Waals surface area contributed by atoms with Crippen LogP contribution in [0.4, 0.5) is 0 Å². The van der Waals surface area contributed by atoms with Gasteiger partial charge in [0.15, 0.2) is 5.76 Å². The van der Waals surface area contributed by atoms with Gasteiger partial charge in [-0.15, -0.1) is 0 Å². The van der Waals surface area contributed by atoms with Gasteiger partial charge in [0.25, 0.3) is 5.91 Å². The SMILES string of the molecule is O=C(NNC(=O)c1ccc(COc2ccccc2)o1)c1cccc(S(=O)(=O)NC[C@H]2CCCO2)c1. The van der Waals surface area contributed by atoms with Crippen LogP contribution in [0.1, 0.15) is 39.5 Å². The fourth-order valence-corrected chi connectivity index (χ4v) is 4.50. The number of sulfonamides is 1. The van der Waals surface area contributed by atoms with Gasteiger partial charge in [-0.2, -0.15) is 0 Å². The molecule has 0 aliphatic carbocycles. The van der Waals surface area contributed by atoms with Crippen molar-refractivity contribution in [1.82, 2.24) is 15.6 Å². The van der Waals surface area contributed by atoms with Crippen LogP contribution in [0.15, 0.2) is 76.0 Å². The van der Waals surface area contributed by atoms with Crippen LogP contribution in [0.25, 0.3) is 0 Å². The Morgan fingerprint density at radius 1 is 0.971 bits per heavy atom. The molecule has 0 spiro atoms. The average Bonchev–Trinajstić information content (AvgIpc) is 3.58. The van der Waals surface area contributed by atoms with Crippen molar-refractivity contribution in [3.05, 3.63) is 83.8 Å². The zero-order valence-electron chi connectivity index (χ0n) is 18.7. The van der Waals surface area contributed by atoms with Gasteiger partial charge in [0.2, 0.25) is 10.0 Å². The van der Waals surface area contributed by atoms with Crippen LogP contribution in [-0.4, -0.2) is 39.5 Å². The van der Waals surface area contributed by atoms with Crippen LogP contribution in [0.2, 0.25) is 0 Å². The number of amides is 2. The van der Waals surface area contributed by atoms with E-state index in [0.29, 0.717) is 18.1 Å². The summed E-state index contributed by atoms with van der Waals surface area (Å²) in [5, 5.41) is 0. The predicted molar refractivity (Wildman–Crippen MR) is 125 cm³/mol. The molecule has 35 heavy (non-hydrogen) atoms. The van der Waals surface area contributed by atoms with Crippen molar-refractivity contribution in [1.29, 1.82) is 0 Å². The quantitative estimate of drug-likeness (QED) is 0.385. The summed E-state index contributed by atoms with van der Waals surface area (Å²) in [6.45, 7) is 0.913. The molecule has 1 saturated heterocycles. The number of benzene rings is 2. The predicted octanol–water partition coefficient (Wildman–Crippen LogP) is 2.39. The van der Waals surface area contributed by atoms with Gasteiger partial charge in [-0.05, 0) is 55.3 Å². The molecule has 10 nitrogen and oxygen atoms in total. The van der Waals surface area contributed by atoms with Crippen LogP contribution >= 0.6 is 0 Å². The highest BCUT2D eigenvalue weighted by Crippen LogP contribution is 2.16. The summed E-state index contributed by atoms with van der Waals surface area (Å²) in [7, 11) is -3.83. The standard InChI is InChI=1S/C24H25N3O7S/c28-23(17-6-4-10-21(14-17)35(30,31)25-15-19-9-5-13-32-19)26-27-24(29)22-12-11-20(34-22)16-33-18-7-2-1-3-8-18/h1-4,6-8,10-12,14,19,25H,5,9,13,15-16H2,(H,26,28)(H,27,29)/t19-/m1/s1. The number of hydrogen-bond acceptors (Lipinski definition) is 7. The minimum absolute atomic E-state index is 0.0216. The first kappa shape index (κ1) is 24.5. The lowest BCUT2D eigenvalue weighted by atomic mass is 10.2. The van der Waals surface area contributed by atoms with E-state index in [2.05, 4.69) is 15.6 Å². The summed E-state index contributed by atoms with van der Waals surface area (Å²) in [6.07, 6.45) is 1.54. The molecule has 1 aliphatic heterocycles. The van der Waals surface area contributed by atoms with Gasteiger partial charge in [-0.3, -0.25) is 20.4 Å². The smallest absolute Gasteiger partial charge is 0.305 e. The fraction of sp³-hybridized carbons (Fsp3) is 0.250. The lowest BCUT2D eigenvalue weighted by Crippen LogP contribution is -2.41. The highest BCUT2D eigenvalue weighted by atomic mass is 32.2. The van der Waals surface area contributed by atoms with Crippen LogP contribution in [0, 0.1) is 0 Å². The molecule has 0 radical (unpaired) electrons. The molecule has 3 aromatic rings. The van der Waals surface area contributed by atoms with Gasteiger partial charge in [0.1, 0.15) is 18.1 Å². The Balaban J connectivity index is 1.29. The second-order valence-corrected chi connectivity index (χ2v) is 9.56. The Morgan fingerprint density at radius 3 is 2.54 bits per heavy atom. The van der Waals surface area contributed by atoms with E-state index < -0.39 is 21.8 Å². The van der Waals surface area contributed by atoms with Crippen LogP contribution in [-0.2, 0) is 21.4 Å². The first-order valence-electron chi connectivity index (χ1n) is 11.0. The second kappa shape index (κ2) is 11.2. The summed E-state index contributed by atoms with van der Waals surface area (Å²) < 4.78 is 44.1. The monoisotopic (exact) mass is 499 g/mol. The number of nitrogens with one attached hydrogen (secondary N) is 3. The third kappa shape index (κ3) is 6.69. The Bertz CT molecular complexity index is 1270. The maximum absolute atomic E-state index is 12.6. The van der Waals surface area contributed by atoms with E-state index in [1.165, 1.54) is 30.3 Å². The third-order valence-electron chi connectivity index (χ3n) is 5.23. The molecule has 184 valence electrons. The van der Waals surface area contributed by atoms with Gasteiger partial charge in [0, 0.05) is 18.7 Å². The van der Waals surface area contributed by atoms with Crippen molar-refractivity contribution in [3.8, 4) is 5.75 Å². The van der Waals surface area contributed by atoms with E-state index in [4.69, 9.17) is 13.9 Å². The molecule has 0 saturated carbocycles. The van der Waals surface area contributed by atoms with Crippen molar-refractivity contribution in [2.24, 2.45) is 0 Å². The minimum Gasteiger partial charge on any atom is -0.486 e. The van der Waals surface area contributed by atoms with Gasteiger partial charge in [-0.1, -0.05) is 24.3 Å². The lowest BCUT2D eigenvalue weighted by Gasteiger charge is -2.12. The zero-order valence-corrected chi connectivity index (χ0v) is 19.5. The lowest BCUT2D eigenvalue weighted by molar-refractivity contribution is 0.0828. The molecule has 1 aromatic heterocycles. The maximum Gasteiger partial charge on any atom is 0.305 e. The number of carbonyl (C=O) groups is 2. The Morgan fingerprint density at radius 2 is 1.77 bits per heavy atom. The Hall–Kier alpha value is -3.67. The Labute approximate surface area is 202 Å². The van der Waals surface area contributed by atoms with E-state index in [9.17, 15) is 18.0 Å². The summed E-state index contributed by atoms with van der Waals surface area (Å²) >= 11 is 0. The van der Waals surface area contributed by atoms with E-state index >= 15 is 0 Å². The normalized spacial score (nSPS) is 15.5. The van der Waals surface area contributed by atoms with E-state index in [-0.39, 0.29) is 35.5 Å². The van der Waals surface area contributed by atoms with E-state index in [1.807, 2.05) is 18.2 Å². The molecule has 0 unspecified atom stereocenters. The number of furan rings is 1. The minimum atomic E-state index is -3.83.